The van der Waals surface area contributed by atoms with Crippen molar-refractivity contribution in [1.82, 2.24) is 9.13 Å². The van der Waals surface area contributed by atoms with Gasteiger partial charge in [0.05, 0.1) is 12.7 Å². The van der Waals surface area contributed by atoms with E-state index >= 15 is 0 Å². The number of aromatic nitrogens is 2. The number of hydrogen-bond donors (Lipinski definition) is 2. The normalized spacial score (nSPS) is 28.5. The van der Waals surface area contributed by atoms with Crippen molar-refractivity contribution in [3.63, 3.8) is 0 Å². The Hall–Kier alpha value is -1.44. The molecule has 1 aromatic rings. The molecule has 0 aromatic carbocycles. The zero-order chi connectivity index (χ0) is 12.6. The smallest absolute Gasteiger partial charge is 0.332 e. The Kier molecular flexibility index (Phi) is 3.14. The highest BCUT2D eigenvalue weighted by Crippen LogP contribution is 2.26. The van der Waals surface area contributed by atoms with Gasteiger partial charge in [0.15, 0.2) is 0 Å². The van der Waals surface area contributed by atoms with Crippen LogP contribution in [0.3, 0.4) is 0 Å². The van der Waals surface area contributed by atoms with Gasteiger partial charge in [-0.25, -0.2) is 4.79 Å². The molecule has 1 fully saturated rings. The minimum absolute atomic E-state index is 0.212. The second-order valence-corrected chi connectivity index (χ2v) is 4.02. The Morgan fingerprint density at radius 1 is 1.53 bits per heavy atom. The third kappa shape index (κ3) is 2.04. The minimum atomic E-state index is -0.811. The van der Waals surface area contributed by atoms with Crippen molar-refractivity contribution in [1.29, 1.82) is 0 Å². The maximum absolute atomic E-state index is 11.8. The second-order valence-electron chi connectivity index (χ2n) is 4.02. The SMILES string of the molecule is Cn1c(=O)ccn([C@H]2CC(O)[C@@H](CO)O2)c1=O. The number of hydrogen-bond acceptors (Lipinski definition) is 5. The van der Waals surface area contributed by atoms with Crippen LogP contribution in [0.25, 0.3) is 0 Å². The Morgan fingerprint density at radius 2 is 2.24 bits per heavy atom. The van der Waals surface area contributed by atoms with Gasteiger partial charge in [0, 0.05) is 25.7 Å². The lowest BCUT2D eigenvalue weighted by Gasteiger charge is -2.14. The fraction of sp³-hybridized carbons (Fsp3) is 0.600. The molecular formula is C10H14N2O5. The molecule has 7 nitrogen and oxygen atoms in total. The van der Waals surface area contributed by atoms with Gasteiger partial charge in [0.2, 0.25) is 0 Å². The zero-order valence-electron chi connectivity index (χ0n) is 9.31. The summed E-state index contributed by atoms with van der Waals surface area (Å²) in [5.41, 5.74) is -0.906. The summed E-state index contributed by atoms with van der Waals surface area (Å²) in [7, 11) is 1.37. The number of aliphatic hydroxyl groups is 2. The van der Waals surface area contributed by atoms with Gasteiger partial charge in [0.1, 0.15) is 12.3 Å². The topological polar surface area (TPSA) is 93.7 Å². The molecule has 1 unspecified atom stereocenters. The standard InChI is InChI=1S/C10H14N2O5/c1-11-8(15)2-3-12(10(11)16)9-4-6(14)7(5-13)17-9/h2-3,6-7,9,13-14H,4-5H2,1H3/t6?,7-,9-/m1/s1. The highest BCUT2D eigenvalue weighted by Gasteiger charge is 2.34. The molecule has 2 rings (SSSR count). The number of aliphatic hydroxyl groups excluding tert-OH is 2. The molecule has 0 spiro atoms. The van der Waals surface area contributed by atoms with E-state index in [9.17, 15) is 14.7 Å². The molecule has 1 aliphatic rings. The summed E-state index contributed by atoms with van der Waals surface area (Å²) in [4.78, 5) is 23.0. The van der Waals surface area contributed by atoms with Crippen LogP contribution in [-0.4, -0.2) is 38.2 Å². The predicted molar refractivity (Wildman–Crippen MR) is 57.6 cm³/mol. The molecule has 2 N–H and O–H groups in total. The van der Waals surface area contributed by atoms with E-state index in [4.69, 9.17) is 9.84 Å². The maximum Gasteiger partial charge on any atom is 0.332 e. The van der Waals surface area contributed by atoms with E-state index in [0.29, 0.717) is 0 Å². The molecule has 7 heteroatoms. The van der Waals surface area contributed by atoms with E-state index in [1.807, 2.05) is 0 Å². The molecule has 0 bridgehead atoms. The van der Waals surface area contributed by atoms with Crippen LogP contribution in [0.2, 0.25) is 0 Å². The lowest BCUT2D eigenvalue weighted by molar-refractivity contribution is -0.0462. The zero-order valence-corrected chi connectivity index (χ0v) is 9.31. The first-order valence-corrected chi connectivity index (χ1v) is 5.27. The van der Waals surface area contributed by atoms with Gasteiger partial charge in [-0.1, -0.05) is 0 Å². The maximum atomic E-state index is 11.8. The van der Waals surface area contributed by atoms with Crippen LogP contribution in [-0.2, 0) is 11.8 Å². The monoisotopic (exact) mass is 242 g/mol. The van der Waals surface area contributed by atoms with Crippen molar-refractivity contribution >= 4 is 0 Å². The molecule has 17 heavy (non-hydrogen) atoms. The summed E-state index contributed by atoms with van der Waals surface area (Å²) in [6.07, 6.45) is -0.606. The molecule has 3 atom stereocenters. The van der Waals surface area contributed by atoms with Crippen LogP contribution < -0.4 is 11.2 Å². The van der Waals surface area contributed by atoms with Crippen LogP contribution in [0.5, 0.6) is 0 Å². The van der Waals surface area contributed by atoms with E-state index in [2.05, 4.69) is 0 Å². The molecule has 0 radical (unpaired) electrons. The minimum Gasteiger partial charge on any atom is -0.394 e. The molecular weight excluding hydrogens is 228 g/mol. The summed E-state index contributed by atoms with van der Waals surface area (Å²) < 4.78 is 7.53. The average Bonchev–Trinajstić information content (AvgIpc) is 2.67. The summed E-state index contributed by atoms with van der Waals surface area (Å²) in [5.74, 6) is 0. The molecule has 0 aliphatic carbocycles. The Labute approximate surface area is 96.5 Å². The predicted octanol–water partition coefficient (Wildman–Crippen LogP) is -1.81. The fourth-order valence-electron chi connectivity index (χ4n) is 1.86. The van der Waals surface area contributed by atoms with E-state index in [0.717, 1.165) is 4.57 Å². The Balaban J connectivity index is 2.34. The van der Waals surface area contributed by atoms with Gasteiger partial charge < -0.3 is 14.9 Å². The van der Waals surface area contributed by atoms with E-state index < -0.39 is 29.7 Å². The van der Waals surface area contributed by atoms with Crippen molar-refractivity contribution in [2.75, 3.05) is 6.61 Å². The molecule has 94 valence electrons. The molecule has 1 saturated heterocycles. The van der Waals surface area contributed by atoms with Crippen LogP contribution in [0, 0.1) is 0 Å². The third-order valence-electron chi connectivity index (χ3n) is 2.91. The highest BCUT2D eigenvalue weighted by atomic mass is 16.5. The summed E-state index contributed by atoms with van der Waals surface area (Å²) in [6, 6.07) is 1.25. The lowest BCUT2D eigenvalue weighted by Crippen LogP contribution is -2.38. The quantitative estimate of drug-likeness (QED) is 0.637. The third-order valence-corrected chi connectivity index (χ3v) is 2.91. The van der Waals surface area contributed by atoms with E-state index in [-0.39, 0.29) is 13.0 Å². The largest absolute Gasteiger partial charge is 0.394 e. The van der Waals surface area contributed by atoms with Gasteiger partial charge in [0.25, 0.3) is 5.56 Å². The molecule has 1 aromatic heterocycles. The first-order valence-electron chi connectivity index (χ1n) is 5.27. The van der Waals surface area contributed by atoms with Crippen molar-refractivity contribution in [3.05, 3.63) is 33.1 Å². The average molecular weight is 242 g/mol. The number of nitrogens with zero attached hydrogens (tertiary/aromatic N) is 2. The molecule has 2 heterocycles. The second kappa shape index (κ2) is 4.44. The van der Waals surface area contributed by atoms with Crippen molar-refractivity contribution < 1.29 is 14.9 Å². The van der Waals surface area contributed by atoms with Crippen molar-refractivity contribution in [3.8, 4) is 0 Å². The van der Waals surface area contributed by atoms with Crippen LogP contribution in [0.15, 0.2) is 21.9 Å². The van der Waals surface area contributed by atoms with Crippen molar-refractivity contribution in [2.24, 2.45) is 7.05 Å². The van der Waals surface area contributed by atoms with Crippen LogP contribution in [0.1, 0.15) is 12.6 Å². The summed E-state index contributed by atoms with van der Waals surface area (Å²) >= 11 is 0. The number of ether oxygens (including phenoxy) is 1. The highest BCUT2D eigenvalue weighted by molar-refractivity contribution is 4.89. The fourth-order valence-corrected chi connectivity index (χ4v) is 1.86. The van der Waals surface area contributed by atoms with Crippen molar-refractivity contribution in [2.45, 2.75) is 24.9 Å². The Morgan fingerprint density at radius 3 is 2.82 bits per heavy atom. The first-order chi connectivity index (χ1) is 8.04. The van der Waals surface area contributed by atoms with E-state index in [1.54, 1.807) is 0 Å². The molecule has 0 saturated carbocycles. The summed E-state index contributed by atoms with van der Waals surface area (Å²) in [5, 5.41) is 18.5. The number of rotatable bonds is 2. The van der Waals surface area contributed by atoms with Gasteiger partial charge in [-0.05, 0) is 0 Å². The molecule has 1 aliphatic heterocycles. The van der Waals surface area contributed by atoms with Gasteiger partial charge >= 0.3 is 5.69 Å². The van der Waals surface area contributed by atoms with Gasteiger partial charge in [-0.15, -0.1) is 0 Å². The lowest BCUT2D eigenvalue weighted by atomic mass is 10.2. The van der Waals surface area contributed by atoms with Gasteiger partial charge in [-0.3, -0.25) is 13.9 Å². The molecule has 0 amide bonds. The Bertz CT molecular complexity index is 520. The van der Waals surface area contributed by atoms with E-state index in [1.165, 1.54) is 23.9 Å². The van der Waals surface area contributed by atoms with Crippen LogP contribution in [0.4, 0.5) is 0 Å². The van der Waals surface area contributed by atoms with Crippen LogP contribution >= 0.6 is 0 Å². The van der Waals surface area contributed by atoms with Gasteiger partial charge in [-0.2, -0.15) is 0 Å². The summed E-state index contributed by atoms with van der Waals surface area (Å²) in [6.45, 7) is -0.307. The first kappa shape index (κ1) is 12.0.